The molecule has 0 spiro atoms. The van der Waals surface area contributed by atoms with Crippen LogP contribution in [0.4, 0.5) is 4.79 Å². The molecule has 1 saturated carbocycles. The van der Waals surface area contributed by atoms with Crippen molar-refractivity contribution >= 4 is 12.4 Å². The van der Waals surface area contributed by atoms with Gasteiger partial charge in [0.25, 0.3) is 0 Å². The topological polar surface area (TPSA) is 46.6 Å². The minimum absolute atomic E-state index is 0.260. The number of hydrogen-bond donors (Lipinski definition) is 0. The Bertz CT molecular complexity index is 487. The standard InChI is InChI=1S/C15H17NO3/c17-11-15-8-13(15)6-7-16(10-15)14(18)19-9-12-4-2-1-3-5-12/h1-5,11,13H,6-10H2. The van der Waals surface area contributed by atoms with Crippen molar-refractivity contribution in [2.24, 2.45) is 11.3 Å². The van der Waals surface area contributed by atoms with Crippen molar-refractivity contribution in [1.82, 2.24) is 4.90 Å². The molecule has 2 atom stereocenters. The highest BCUT2D eigenvalue weighted by Crippen LogP contribution is 2.55. The second kappa shape index (κ2) is 4.68. The lowest BCUT2D eigenvalue weighted by Gasteiger charge is -2.29. The maximum absolute atomic E-state index is 12.0. The van der Waals surface area contributed by atoms with E-state index < -0.39 is 0 Å². The quantitative estimate of drug-likeness (QED) is 0.782. The zero-order chi connectivity index (χ0) is 13.3. The predicted molar refractivity (Wildman–Crippen MR) is 69.4 cm³/mol. The fourth-order valence-electron chi connectivity index (χ4n) is 2.88. The summed E-state index contributed by atoms with van der Waals surface area (Å²) < 4.78 is 5.29. The third kappa shape index (κ3) is 2.35. The van der Waals surface area contributed by atoms with E-state index in [2.05, 4.69) is 0 Å². The maximum Gasteiger partial charge on any atom is 0.410 e. The highest BCUT2D eigenvalue weighted by atomic mass is 16.6. The van der Waals surface area contributed by atoms with Crippen LogP contribution in [0.25, 0.3) is 0 Å². The number of ether oxygens (including phenoxy) is 1. The SMILES string of the molecule is O=CC12CC1CCN(C(=O)OCc1ccccc1)C2. The average molecular weight is 259 g/mol. The molecule has 2 unspecified atom stereocenters. The van der Waals surface area contributed by atoms with E-state index in [1.807, 2.05) is 30.3 Å². The third-order valence-corrected chi connectivity index (χ3v) is 4.21. The molecule has 1 aromatic carbocycles. The van der Waals surface area contributed by atoms with Crippen molar-refractivity contribution < 1.29 is 14.3 Å². The fraction of sp³-hybridized carbons (Fsp3) is 0.467. The van der Waals surface area contributed by atoms with Gasteiger partial charge >= 0.3 is 6.09 Å². The molecule has 0 bridgehead atoms. The molecular weight excluding hydrogens is 242 g/mol. The van der Waals surface area contributed by atoms with Crippen LogP contribution in [0.15, 0.2) is 30.3 Å². The Morgan fingerprint density at radius 2 is 2.21 bits per heavy atom. The summed E-state index contributed by atoms with van der Waals surface area (Å²) >= 11 is 0. The summed E-state index contributed by atoms with van der Waals surface area (Å²) in [6.07, 6.45) is 2.56. The molecule has 2 fully saturated rings. The lowest BCUT2D eigenvalue weighted by Crippen LogP contribution is -2.41. The molecule has 3 rings (SSSR count). The van der Waals surface area contributed by atoms with E-state index in [9.17, 15) is 9.59 Å². The Hall–Kier alpha value is -1.84. The molecule has 1 amide bonds. The molecule has 19 heavy (non-hydrogen) atoms. The number of fused-ring (bicyclic) bond motifs is 1. The number of piperidine rings is 1. The first-order valence-electron chi connectivity index (χ1n) is 6.65. The number of benzene rings is 1. The number of likely N-dealkylation sites (tertiary alicyclic amines) is 1. The van der Waals surface area contributed by atoms with E-state index in [1.165, 1.54) is 0 Å². The van der Waals surface area contributed by atoms with Gasteiger partial charge in [-0.1, -0.05) is 30.3 Å². The third-order valence-electron chi connectivity index (χ3n) is 4.21. The number of aldehydes is 1. The highest BCUT2D eigenvalue weighted by Gasteiger charge is 2.57. The van der Waals surface area contributed by atoms with E-state index in [0.717, 1.165) is 24.7 Å². The van der Waals surface area contributed by atoms with Crippen LogP contribution in [0.2, 0.25) is 0 Å². The Labute approximate surface area is 112 Å². The Kier molecular flexibility index (Phi) is 3.01. The molecule has 2 aliphatic rings. The summed E-state index contributed by atoms with van der Waals surface area (Å²) in [5.74, 6) is 0.489. The lowest BCUT2D eigenvalue weighted by atomic mass is 9.99. The number of hydrogen-bond acceptors (Lipinski definition) is 3. The summed E-state index contributed by atoms with van der Waals surface area (Å²) in [7, 11) is 0. The van der Waals surface area contributed by atoms with Crippen molar-refractivity contribution in [2.45, 2.75) is 19.4 Å². The van der Waals surface area contributed by atoms with Crippen LogP contribution in [-0.2, 0) is 16.1 Å². The van der Waals surface area contributed by atoms with Crippen LogP contribution in [-0.4, -0.2) is 30.4 Å². The van der Waals surface area contributed by atoms with E-state index in [4.69, 9.17) is 4.74 Å². The second-order valence-electron chi connectivity index (χ2n) is 5.50. The van der Waals surface area contributed by atoms with Crippen LogP contribution >= 0.6 is 0 Å². The van der Waals surface area contributed by atoms with Gasteiger partial charge in [-0.25, -0.2) is 4.79 Å². The normalized spacial score (nSPS) is 28.4. The van der Waals surface area contributed by atoms with E-state index in [0.29, 0.717) is 19.0 Å². The molecule has 0 aromatic heterocycles. The zero-order valence-corrected chi connectivity index (χ0v) is 10.7. The largest absolute Gasteiger partial charge is 0.445 e. The summed E-state index contributed by atoms with van der Waals surface area (Å²) in [4.78, 5) is 24.7. The Morgan fingerprint density at radius 1 is 1.42 bits per heavy atom. The van der Waals surface area contributed by atoms with Gasteiger partial charge in [-0.3, -0.25) is 0 Å². The fourth-order valence-corrected chi connectivity index (χ4v) is 2.88. The lowest BCUT2D eigenvalue weighted by molar-refractivity contribution is -0.113. The second-order valence-corrected chi connectivity index (χ2v) is 5.50. The van der Waals surface area contributed by atoms with Gasteiger partial charge in [0.05, 0.1) is 0 Å². The number of amides is 1. The first kappa shape index (κ1) is 12.2. The summed E-state index contributed by atoms with van der Waals surface area (Å²) in [6, 6.07) is 9.61. The minimum Gasteiger partial charge on any atom is -0.445 e. The van der Waals surface area contributed by atoms with Gasteiger partial charge < -0.3 is 14.4 Å². The van der Waals surface area contributed by atoms with Crippen LogP contribution in [0, 0.1) is 11.3 Å². The van der Waals surface area contributed by atoms with Gasteiger partial charge in [0.15, 0.2) is 0 Å². The molecule has 1 aliphatic heterocycles. The van der Waals surface area contributed by atoms with Crippen LogP contribution < -0.4 is 0 Å². The predicted octanol–water partition coefficient (Wildman–Crippen LogP) is 2.23. The van der Waals surface area contributed by atoms with Crippen molar-refractivity contribution in [3.05, 3.63) is 35.9 Å². The first-order chi connectivity index (χ1) is 9.23. The van der Waals surface area contributed by atoms with Crippen molar-refractivity contribution in [2.75, 3.05) is 13.1 Å². The molecule has 0 radical (unpaired) electrons. The van der Waals surface area contributed by atoms with Crippen molar-refractivity contribution in [1.29, 1.82) is 0 Å². The van der Waals surface area contributed by atoms with Crippen LogP contribution in [0.5, 0.6) is 0 Å². The Balaban J connectivity index is 1.55. The number of nitrogens with zero attached hydrogens (tertiary/aromatic N) is 1. The van der Waals surface area contributed by atoms with E-state index in [-0.39, 0.29) is 18.1 Å². The number of rotatable bonds is 3. The van der Waals surface area contributed by atoms with Gasteiger partial charge in [-0.2, -0.15) is 0 Å². The van der Waals surface area contributed by atoms with Crippen LogP contribution in [0.1, 0.15) is 18.4 Å². The molecule has 4 heteroatoms. The van der Waals surface area contributed by atoms with Gasteiger partial charge in [0, 0.05) is 18.5 Å². The summed E-state index contributed by atoms with van der Waals surface area (Å²) in [5, 5.41) is 0. The van der Waals surface area contributed by atoms with Gasteiger partial charge in [0.1, 0.15) is 12.9 Å². The van der Waals surface area contributed by atoms with Gasteiger partial charge in [0.2, 0.25) is 0 Å². The average Bonchev–Trinajstić information content (AvgIpc) is 3.20. The molecule has 1 saturated heterocycles. The molecular formula is C15H17NO3. The molecule has 100 valence electrons. The summed E-state index contributed by atoms with van der Waals surface area (Å²) in [6.45, 7) is 1.51. The Morgan fingerprint density at radius 3 is 2.95 bits per heavy atom. The first-order valence-corrected chi connectivity index (χ1v) is 6.65. The van der Waals surface area contributed by atoms with Gasteiger partial charge in [-0.15, -0.1) is 0 Å². The number of carbonyl (C=O) groups excluding carboxylic acids is 2. The van der Waals surface area contributed by atoms with Gasteiger partial charge in [-0.05, 0) is 24.3 Å². The zero-order valence-electron chi connectivity index (χ0n) is 10.7. The minimum atomic E-state index is -0.310. The smallest absolute Gasteiger partial charge is 0.410 e. The molecule has 4 nitrogen and oxygen atoms in total. The van der Waals surface area contributed by atoms with Crippen LogP contribution in [0.3, 0.4) is 0 Å². The molecule has 1 aromatic rings. The van der Waals surface area contributed by atoms with E-state index in [1.54, 1.807) is 4.90 Å². The molecule has 1 heterocycles. The maximum atomic E-state index is 12.0. The summed E-state index contributed by atoms with van der Waals surface area (Å²) in [5.41, 5.74) is 0.714. The van der Waals surface area contributed by atoms with Crippen molar-refractivity contribution in [3.63, 3.8) is 0 Å². The molecule has 1 aliphatic carbocycles. The van der Waals surface area contributed by atoms with Crippen molar-refractivity contribution in [3.8, 4) is 0 Å². The molecule has 0 N–H and O–H groups in total. The number of carbonyl (C=O) groups is 2. The van der Waals surface area contributed by atoms with E-state index >= 15 is 0 Å². The highest BCUT2D eigenvalue weighted by molar-refractivity contribution is 5.72. The monoisotopic (exact) mass is 259 g/mol.